The fraction of sp³-hybridized carbons (Fsp3) is 0.500. The number of ether oxygens (including phenoxy) is 1. The fourth-order valence-corrected chi connectivity index (χ4v) is 5.68. The highest BCUT2D eigenvalue weighted by Crippen LogP contribution is 2.37. The molecule has 2 saturated heterocycles. The number of halogens is 1. The maximum Gasteiger partial charge on any atom is 0.407 e. The van der Waals surface area contributed by atoms with Crippen molar-refractivity contribution < 1.29 is 14.6 Å². The minimum Gasteiger partial charge on any atom is -0.446 e. The molecule has 0 spiro atoms. The third kappa shape index (κ3) is 6.37. The van der Waals surface area contributed by atoms with E-state index < -0.39 is 18.2 Å². The van der Waals surface area contributed by atoms with Crippen LogP contribution in [0.25, 0.3) is 5.65 Å². The number of piperidine rings is 2. The first-order valence-electron chi connectivity index (χ1n) is 14.3. The molecule has 1 saturated carbocycles. The number of benzene rings is 1. The summed E-state index contributed by atoms with van der Waals surface area (Å²) in [6.07, 6.45) is 3.96. The van der Waals surface area contributed by atoms with Crippen molar-refractivity contribution in [3.63, 3.8) is 0 Å². The van der Waals surface area contributed by atoms with Crippen molar-refractivity contribution in [1.29, 1.82) is 10.5 Å². The highest BCUT2D eigenvalue weighted by atomic mass is 35.5. The average Bonchev–Trinajstić information content (AvgIpc) is 3.72. The van der Waals surface area contributed by atoms with Gasteiger partial charge < -0.3 is 35.6 Å². The molecule has 4 heterocycles. The number of imidazole rings is 1. The standard InChI is InChI=1S/C28H32ClN11O3/c1-38-7-4-19(5-8-38)43-28(42)35-20-6-9-39(15-23(20)41)22-11-16(12-30)10-21(24(22)29)34-27-36-25(33-17-2-3-17)26-32-14-18(13-31)40(26)37-27/h10-11,14,17,19-20,23,41H,2-9,15H2,1H3,(H,35,42)(H2,33,34,36,37)/t20-,23-/m1/s1. The van der Waals surface area contributed by atoms with Crippen molar-refractivity contribution in [2.75, 3.05) is 48.8 Å². The smallest absolute Gasteiger partial charge is 0.407 e. The molecule has 3 aromatic rings. The minimum atomic E-state index is -0.885. The van der Waals surface area contributed by atoms with Crippen molar-refractivity contribution >= 4 is 46.5 Å². The number of alkyl carbamates (subject to hydrolysis) is 1. The predicted octanol–water partition coefficient (Wildman–Crippen LogP) is 2.60. The Hall–Kier alpha value is -4.37. The van der Waals surface area contributed by atoms with Gasteiger partial charge >= 0.3 is 6.09 Å². The summed E-state index contributed by atoms with van der Waals surface area (Å²) in [6.45, 7) is 2.42. The lowest BCUT2D eigenvalue weighted by Crippen LogP contribution is -2.54. The molecule has 15 heteroatoms. The van der Waals surface area contributed by atoms with E-state index in [2.05, 4.69) is 48.1 Å². The number of nitrogens with one attached hydrogen (secondary N) is 3. The molecule has 3 aliphatic rings. The van der Waals surface area contributed by atoms with Gasteiger partial charge in [0.1, 0.15) is 12.2 Å². The molecule has 0 radical (unpaired) electrons. The number of aliphatic hydroxyl groups is 1. The second-order valence-electron chi connectivity index (χ2n) is 11.2. The zero-order valence-corrected chi connectivity index (χ0v) is 24.4. The molecule has 4 N–H and O–H groups in total. The van der Waals surface area contributed by atoms with Crippen LogP contribution in [0.4, 0.5) is 27.9 Å². The summed E-state index contributed by atoms with van der Waals surface area (Å²) >= 11 is 6.87. The SMILES string of the molecule is CN1CCC(OC(=O)N[C@@H]2CCN(c3cc(C#N)cc(Nc4nc(NC5CC5)c5ncc(C#N)n5n4)c3Cl)C[C@H]2O)CC1. The van der Waals surface area contributed by atoms with Crippen LogP contribution in [0.1, 0.15) is 43.4 Å². The molecule has 1 aliphatic carbocycles. The van der Waals surface area contributed by atoms with E-state index in [1.54, 1.807) is 12.1 Å². The number of anilines is 4. The van der Waals surface area contributed by atoms with Gasteiger partial charge in [-0.15, -0.1) is 5.10 Å². The number of aromatic nitrogens is 4. The van der Waals surface area contributed by atoms with Crippen molar-refractivity contribution in [2.45, 2.75) is 56.4 Å². The van der Waals surface area contributed by atoms with Crippen LogP contribution < -0.4 is 20.9 Å². The van der Waals surface area contributed by atoms with Gasteiger partial charge in [0.2, 0.25) is 5.95 Å². The van der Waals surface area contributed by atoms with Crippen LogP contribution in [0.3, 0.4) is 0 Å². The number of amides is 1. The van der Waals surface area contributed by atoms with E-state index in [0.717, 1.165) is 38.8 Å². The maximum absolute atomic E-state index is 12.5. The largest absolute Gasteiger partial charge is 0.446 e. The number of nitriles is 2. The zero-order chi connectivity index (χ0) is 30.1. The highest BCUT2D eigenvalue weighted by Gasteiger charge is 2.32. The van der Waals surface area contributed by atoms with Gasteiger partial charge in [-0.05, 0) is 51.3 Å². The lowest BCUT2D eigenvalue weighted by Gasteiger charge is -2.38. The second-order valence-corrected chi connectivity index (χ2v) is 11.6. The van der Waals surface area contributed by atoms with Crippen LogP contribution >= 0.6 is 11.6 Å². The summed E-state index contributed by atoms with van der Waals surface area (Å²) in [6, 6.07) is 7.30. The molecule has 2 atom stereocenters. The Bertz CT molecular complexity index is 1600. The van der Waals surface area contributed by atoms with Gasteiger partial charge in [-0.25, -0.2) is 9.78 Å². The molecule has 1 amide bonds. The Morgan fingerprint density at radius 2 is 1.93 bits per heavy atom. The number of fused-ring (bicyclic) bond motifs is 1. The summed E-state index contributed by atoms with van der Waals surface area (Å²) < 4.78 is 7.00. The Labute approximate surface area is 253 Å². The van der Waals surface area contributed by atoms with E-state index in [-0.39, 0.29) is 30.3 Å². The lowest BCUT2D eigenvalue weighted by molar-refractivity contribution is 0.0459. The van der Waals surface area contributed by atoms with Crippen LogP contribution in [0.2, 0.25) is 5.02 Å². The zero-order valence-electron chi connectivity index (χ0n) is 23.6. The number of carbonyl (C=O) groups excluding carboxylic acids is 1. The van der Waals surface area contributed by atoms with E-state index in [1.165, 1.54) is 10.7 Å². The van der Waals surface area contributed by atoms with Crippen molar-refractivity contribution in [2.24, 2.45) is 0 Å². The molecule has 0 bridgehead atoms. The maximum atomic E-state index is 12.5. The van der Waals surface area contributed by atoms with Crippen LogP contribution in [0, 0.1) is 22.7 Å². The number of likely N-dealkylation sites (tertiary alicyclic amines) is 1. The van der Waals surface area contributed by atoms with Crippen LogP contribution in [0.5, 0.6) is 0 Å². The van der Waals surface area contributed by atoms with Crippen molar-refractivity contribution in [3.05, 3.63) is 34.6 Å². The minimum absolute atomic E-state index is 0.127. The molecule has 43 heavy (non-hydrogen) atoms. The first-order chi connectivity index (χ1) is 20.8. The Balaban J connectivity index is 1.18. The number of β-amino-alcohol motifs (C(OH)–C–C–N with tert-alkyl or cyclic N) is 1. The van der Waals surface area contributed by atoms with Gasteiger partial charge in [-0.1, -0.05) is 11.6 Å². The fourth-order valence-electron chi connectivity index (χ4n) is 5.40. The molecule has 0 unspecified atom stereocenters. The Morgan fingerprint density at radius 3 is 2.63 bits per heavy atom. The molecule has 2 aliphatic heterocycles. The van der Waals surface area contributed by atoms with E-state index in [1.807, 2.05) is 11.9 Å². The molecular weight excluding hydrogens is 574 g/mol. The molecule has 2 aromatic heterocycles. The molecule has 14 nitrogen and oxygen atoms in total. The quantitative estimate of drug-likeness (QED) is 0.310. The molecule has 224 valence electrons. The normalized spacial score (nSPS) is 21.2. The number of nitrogens with zero attached hydrogens (tertiary/aromatic N) is 8. The molecular formula is C28H32ClN11O3. The number of aliphatic hydroxyl groups excluding tert-OH is 1. The summed E-state index contributed by atoms with van der Waals surface area (Å²) in [5, 5.41) is 44.3. The predicted molar refractivity (Wildman–Crippen MR) is 158 cm³/mol. The molecule has 1 aromatic carbocycles. The van der Waals surface area contributed by atoms with Gasteiger partial charge in [-0.3, -0.25) is 0 Å². The Kier molecular flexibility index (Phi) is 8.08. The average molecular weight is 606 g/mol. The van der Waals surface area contributed by atoms with Crippen molar-refractivity contribution in [1.82, 2.24) is 29.8 Å². The molecule has 6 rings (SSSR count). The van der Waals surface area contributed by atoms with E-state index in [9.17, 15) is 20.4 Å². The third-order valence-electron chi connectivity index (χ3n) is 7.99. The number of carbonyl (C=O) groups is 1. The van der Waals surface area contributed by atoms with Gasteiger partial charge in [0.15, 0.2) is 17.2 Å². The Morgan fingerprint density at radius 1 is 1.14 bits per heavy atom. The third-order valence-corrected chi connectivity index (χ3v) is 8.39. The van der Waals surface area contributed by atoms with E-state index in [0.29, 0.717) is 46.4 Å². The molecule has 3 fully saturated rings. The highest BCUT2D eigenvalue weighted by molar-refractivity contribution is 6.36. The summed E-state index contributed by atoms with van der Waals surface area (Å²) in [4.78, 5) is 25.5. The monoisotopic (exact) mass is 605 g/mol. The van der Waals surface area contributed by atoms with E-state index in [4.69, 9.17) is 16.3 Å². The van der Waals surface area contributed by atoms with Gasteiger partial charge in [0, 0.05) is 32.2 Å². The van der Waals surface area contributed by atoms with Gasteiger partial charge in [0.05, 0.1) is 46.4 Å². The number of rotatable bonds is 7. The van der Waals surface area contributed by atoms with Gasteiger partial charge in [0.25, 0.3) is 0 Å². The topological polar surface area (TPSA) is 180 Å². The number of hydrogen-bond donors (Lipinski definition) is 4. The summed E-state index contributed by atoms with van der Waals surface area (Å²) in [5.74, 6) is 0.653. The second kappa shape index (κ2) is 12.1. The van der Waals surface area contributed by atoms with Crippen molar-refractivity contribution in [3.8, 4) is 12.1 Å². The summed E-state index contributed by atoms with van der Waals surface area (Å²) in [5.41, 5.74) is 1.97. The van der Waals surface area contributed by atoms with Crippen LogP contribution in [-0.4, -0.2) is 93.2 Å². The van der Waals surface area contributed by atoms with Gasteiger partial charge in [-0.2, -0.15) is 20.0 Å². The lowest BCUT2D eigenvalue weighted by atomic mass is 10.0. The first kappa shape index (κ1) is 28.7. The first-order valence-corrected chi connectivity index (χ1v) is 14.7. The summed E-state index contributed by atoms with van der Waals surface area (Å²) in [7, 11) is 2.04. The van der Waals surface area contributed by atoms with Crippen LogP contribution in [-0.2, 0) is 4.74 Å². The van der Waals surface area contributed by atoms with E-state index >= 15 is 0 Å². The number of hydrogen-bond acceptors (Lipinski definition) is 12. The van der Waals surface area contributed by atoms with Crippen LogP contribution in [0.15, 0.2) is 18.3 Å².